The molecule has 1 aromatic heterocycles. The van der Waals surface area contributed by atoms with E-state index in [-0.39, 0.29) is 11.6 Å². The van der Waals surface area contributed by atoms with Crippen LogP contribution >= 0.6 is 0 Å². The molecule has 10 heavy (non-hydrogen) atoms. The fraction of sp³-hybridized carbons (Fsp3) is 0.167. The summed E-state index contributed by atoms with van der Waals surface area (Å²) in [5.74, 6) is -0.249. The SMILES string of the molecule is CC(=O)n1nccc1C#N. The monoisotopic (exact) mass is 135 g/mol. The predicted octanol–water partition coefficient (Wildman–Crippen LogP) is 0.415. The van der Waals surface area contributed by atoms with Crippen LogP contribution in [-0.2, 0) is 0 Å². The van der Waals surface area contributed by atoms with Crippen LogP contribution < -0.4 is 0 Å². The van der Waals surface area contributed by atoms with Crippen molar-refractivity contribution in [2.75, 3.05) is 0 Å². The number of hydrogen-bond acceptors (Lipinski definition) is 3. The molecule has 0 spiro atoms. The zero-order valence-electron chi connectivity index (χ0n) is 5.40. The molecular weight excluding hydrogens is 130 g/mol. The molecule has 0 N–H and O–H groups in total. The molecule has 4 nitrogen and oxygen atoms in total. The second kappa shape index (κ2) is 2.31. The first kappa shape index (κ1) is 6.49. The molecule has 50 valence electrons. The second-order valence-electron chi connectivity index (χ2n) is 1.76. The molecule has 0 aliphatic carbocycles. The summed E-state index contributed by atoms with van der Waals surface area (Å²) in [6, 6.07) is 3.32. The van der Waals surface area contributed by atoms with E-state index in [4.69, 9.17) is 5.26 Å². The van der Waals surface area contributed by atoms with Crippen LogP contribution in [0.3, 0.4) is 0 Å². The van der Waals surface area contributed by atoms with Crippen LogP contribution in [0.5, 0.6) is 0 Å². The average molecular weight is 135 g/mol. The van der Waals surface area contributed by atoms with Gasteiger partial charge in [0.2, 0.25) is 5.91 Å². The summed E-state index contributed by atoms with van der Waals surface area (Å²) in [4.78, 5) is 10.6. The van der Waals surface area contributed by atoms with Gasteiger partial charge in [0.05, 0.1) is 6.20 Å². The summed E-state index contributed by atoms with van der Waals surface area (Å²) in [5, 5.41) is 12.0. The van der Waals surface area contributed by atoms with Crippen LogP contribution in [0.25, 0.3) is 0 Å². The van der Waals surface area contributed by atoms with Crippen LogP contribution in [0.1, 0.15) is 17.4 Å². The van der Waals surface area contributed by atoms with Crippen molar-refractivity contribution < 1.29 is 4.79 Å². The summed E-state index contributed by atoms with van der Waals surface area (Å²) >= 11 is 0. The maximum atomic E-state index is 10.6. The Morgan fingerprint density at radius 3 is 3.00 bits per heavy atom. The Kier molecular flexibility index (Phi) is 1.50. The Bertz CT molecular complexity index is 294. The van der Waals surface area contributed by atoms with E-state index in [1.807, 2.05) is 6.07 Å². The van der Waals surface area contributed by atoms with Crippen molar-refractivity contribution in [3.8, 4) is 6.07 Å². The average Bonchev–Trinajstić information content (AvgIpc) is 2.33. The molecule has 0 atom stereocenters. The largest absolute Gasteiger partial charge is 0.273 e. The maximum absolute atomic E-state index is 10.6. The number of carbonyl (C=O) groups excluding carboxylic acids is 1. The highest BCUT2D eigenvalue weighted by Gasteiger charge is 2.02. The number of aromatic nitrogens is 2. The molecule has 0 aliphatic rings. The Morgan fingerprint density at radius 2 is 2.60 bits per heavy atom. The van der Waals surface area contributed by atoms with E-state index in [0.717, 1.165) is 4.68 Å². The van der Waals surface area contributed by atoms with E-state index >= 15 is 0 Å². The van der Waals surface area contributed by atoms with Gasteiger partial charge in [0.15, 0.2) is 0 Å². The van der Waals surface area contributed by atoms with E-state index in [0.29, 0.717) is 0 Å². The van der Waals surface area contributed by atoms with Crippen molar-refractivity contribution in [1.29, 1.82) is 5.26 Å². The van der Waals surface area contributed by atoms with Gasteiger partial charge in [-0.1, -0.05) is 0 Å². The van der Waals surface area contributed by atoms with Gasteiger partial charge in [0.25, 0.3) is 0 Å². The van der Waals surface area contributed by atoms with E-state index in [1.165, 1.54) is 19.2 Å². The molecule has 0 saturated heterocycles. The molecule has 0 bridgehead atoms. The Labute approximate surface area is 57.7 Å². The maximum Gasteiger partial charge on any atom is 0.244 e. The van der Waals surface area contributed by atoms with Crippen LogP contribution in [0.2, 0.25) is 0 Å². The highest BCUT2D eigenvalue weighted by molar-refractivity contribution is 5.76. The van der Waals surface area contributed by atoms with Crippen molar-refractivity contribution >= 4 is 5.91 Å². The molecule has 1 rings (SSSR count). The van der Waals surface area contributed by atoms with Crippen molar-refractivity contribution in [2.45, 2.75) is 6.92 Å². The van der Waals surface area contributed by atoms with Gasteiger partial charge in [0.1, 0.15) is 11.8 Å². The summed E-state index contributed by atoms with van der Waals surface area (Å²) < 4.78 is 1.06. The lowest BCUT2D eigenvalue weighted by molar-refractivity contribution is 0.0920. The third kappa shape index (κ3) is 0.890. The number of nitriles is 1. The highest BCUT2D eigenvalue weighted by Crippen LogP contribution is 1.94. The summed E-state index contributed by atoms with van der Waals surface area (Å²) in [5.41, 5.74) is 0.271. The van der Waals surface area contributed by atoms with Crippen molar-refractivity contribution in [1.82, 2.24) is 9.78 Å². The third-order valence-corrected chi connectivity index (χ3v) is 1.06. The van der Waals surface area contributed by atoms with Gasteiger partial charge in [-0.3, -0.25) is 4.79 Å². The van der Waals surface area contributed by atoms with Gasteiger partial charge in [-0.25, -0.2) is 0 Å². The lowest BCUT2D eigenvalue weighted by Crippen LogP contribution is -2.09. The fourth-order valence-electron chi connectivity index (χ4n) is 0.639. The van der Waals surface area contributed by atoms with E-state index in [2.05, 4.69) is 5.10 Å². The third-order valence-electron chi connectivity index (χ3n) is 1.06. The Balaban J connectivity index is 3.17. The normalized spacial score (nSPS) is 8.80. The lowest BCUT2D eigenvalue weighted by Gasteiger charge is -1.91. The van der Waals surface area contributed by atoms with Crippen molar-refractivity contribution in [2.24, 2.45) is 0 Å². The van der Waals surface area contributed by atoms with E-state index in [9.17, 15) is 4.79 Å². The summed E-state index contributed by atoms with van der Waals surface area (Å²) in [6.45, 7) is 1.36. The van der Waals surface area contributed by atoms with Gasteiger partial charge >= 0.3 is 0 Å². The highest BCUT2D eigenvalue weighted by atomic mass is 16.2. The number of carbonyl (C=O) groups is 1. The predicted molar refractivity (Wildman–Crippen MR) is 33.2 cm³/mol. The minimum absolute atomic E-state index is 0.249. The zero-order chi connectivity index (χ0) is 7.56. The molecule has 0 fully saturated rings. The quantitative estimate of drug-likeness (QED) is 0.517. The second-order valence-corrected chi connectivity index (χ2v) is 1.76. The van der Waals surface area contributed by atoms with E-state index < -0.39 is 0 Å². The summed E-state index contributed by atoms with van der Waals surface area (Å²) in [6.07, 6.45) is 1.42. The van der Waals surface area contributed by atoms with Crippen molar-refractivity contribution in [3.05, 3.63) is 18.0 Å². The molecule has 0 aromatic carbocycles. The Morgan fingerprint density at radius 1 is 1.90 bits per heavy atom. The summed E-state index contributed by atoms with van der Waals surface area (Å²) in [7, 11) is 0. The first-order chi connectivity index (χ1) is 4.75. The van der Waals surface area contributed by atoms with Crippen LogP contribution in [-0.4, -0.2) is 15.7 Å². The molecule has 0 aliphatic heterocycles. The topological polar surface area (TPSA) is 58.7 Å². The minimum atomic E-state index is -0.249. The number of nitrogens with zero attached hydrogens (tertiary/aromatic N) is 3. The smallest absolute Gasteiger partial charge is 0.244 e. The first-order valence-corrected chi connectivity index (χ1v) is 2.71. The molecule has 0 radical (unpaired) electrons. The van der Waals surface area contributed by atoms with Crippen molar-refractivity contribution in [3.63, 3.8) is 0 Å². The number of rotatable bonds is 0. The minimum Gasteiger partial charge on any atom is -0.273 e. The van der Waals surface area contributed by atoms with Gasteiger partial charge < -0.3 is 0 Å². The van der Waals surface area contributed by atoms with Crippen LogP contribution in [0, 0.1) is 11.3 Å². The first-order valence-electron chi connectivity index (χ1n) is 2.71. The molecule has 1 heterocycles. The number of hydrogen-bond donors (Lipinski definition) is 0. The fourth-order valence-corrected chi connectivity index (χ4v) is 0.639. The lowest BCUT2D eigenvalue weighted by atomic mass is 10.5. The Hall–Kier alpha value is -1.63. The zero-order valence-corrected chi connectivity index (χ0v) is 5.40. The van der Waals surface area contributed by atoms with Crippen LogP contribution in [0.15, 0.2) is 12.3 Å². The molecule has 0 saturated carbocycles. The van der Waals surface area contributed by atoms with Gasteiger partial charge in [-0.2, -0.15) is 15.0 Å². The van der Waals surface area contributed by atoms with E-state index in [1.54, 1.807) is 0 Å². The van der Waals surface area contributed by atoms with Gasteiger partial charge in [0, 0.05) is 6.92 Å². The molecule has 0 unspecified atom stereocenters. The molecule has 1 aromatic rings. The molecule has 4 heteroatoms. The van der Waals surface area contributed by atoms with Crippen LogP contribution in [0.4, 0.5) is 0 Å². The van der Waals surface area contributed by atoms with Gasteiger partial charge in [-0.05, 0) is 6.07 Å². The molecule has 0 amide bonds. The standard InChI is InChI=1S/C6H5N3O/c1-5(10)9-6(4-7)2-3-8-9/h2-3H,1H3. The van der Waals surface area contributed by atoms with Gasteiger partial charge in [-0.15, -0.1) is 0 Å². The molecular formula is C6H5N3O.